The maximum atomic E-state index is 12.4. The van der Waals surface area contributed by atoms with E-state index in [0.717, 1.165) is 11.1 Å². The number of carbonyl (C=O) groups is 1. The Bertz CT molecular complexity index is 616. The standard InChI is InChI=1S/C19H28N2O2/c1-13-11-15(14(2)20-19(3)8-6-9-19)12-16(18(13)23)17(22)7-10-21(4)5/h7,10-12,14,20,23H,6,8-9H2,1-5H3. The summed E-state index contributed by atoms with van der Waals surface area (Å²) in [6, 6.07) is 3.91. The topological polar surface area (TPSA) is 52.6 Å². The molecule has 0 aromatic heterocycles. The molecule has 1 aromatic rings. The van der Waals surface area contributed by atoms with E-state index in [9.17, 15) is 9.90 Å². The summed E-state index contributed by atoms with van der Waals surface area (Å²) in [7, 11) is 3.72. The molecule has 1 aliphatic rings. The first-order valence-electron chi connectivity index (χ1n) is 8.22. The lowest BCUT2D eigenvalue weighted by molar-refractivity contribution is 0.104. The van der Waals surface area contributed by atoms with E-state index in [1.807, 2.05) is 33.2 Å². The van der Waals surface area contributed by atoms with Gasteiger partial charge >= 0.3 is 0 Å². The number of allylic oxidation sites excluding steroid dienone is 1. The van der Waals surface area contributed by atoms with Crippen molar-refractivity contribution in [2.45, 2.75) is 51.6 Å². The van der Waals surface area contributed by atoms with Crippen molar-refractivity contribution in [1.29, 1.82) is 0 Å². The van der Waals surface area contributed by atoms with Gasteiger partial charge in [0.15, 0.2) is 5.78 Å². The van der Waals surface area contributed by atoms with Crippen molar-refractivity contribution in [3.63, 3.8) is 0 Å². The first-order chi connectivity index (χ1) is 10.7. The van der Waals surface area contributed by atoms with Gasteiger partial charge in [0.05, 0.1) is 5.56 Å². The summed E-state index contributed by atoms with van der Waals surface area (Å²) in [4.78, 5) is 14.2. The van der Waals surface area contributed by atoms with E-state index >= 15 is 0 Å². The molecule has 0 aliphatic heterocycles. The maximum absolute atomic E-state index is 12.4. The van der Waals surface area contributed by atoms with Gasteiger partial charge in [-0.25, -0.2) is 0 Å². The fraction of sp³-hybridized carbons (Fsp3) is 0.526. The van der Waals surface area contributed by atoms with Crippen LogP contribution < -0.4 is 5.32 Å². The molecule has 2 N–H and O–H groups in total. The molecule has 0 heterocycles. The minimum Gasteiger partial charge on any atom is -0.507 e. The largest absolute Gasteiger partial charge is 0.507 e. The molecule has 1 unspecified atom stereocenters. The predicted octanol–water partition coefficient (Wildman–Crippen LogP) is 3.55. The van der Waals surface area contributed by atoms with Crippen molar-refractivity contribution in [1.82, 2.24) is 10.2 Å². The third-order valence-electron chi connectivity index (χ3n) is 4.63. The Labute approximate surface area is 139 Å². The summed E-state index contributed by atoms with van der Waals surface area (Å²) < 4.78 is 0. The number of nitrogens with zero attached hydrogens (tertiary/aromatic N) is 1. The molecule has 4 nitrogen and oxygen atoms in total. The second-order valence-electron chi connectivity index (χ2n) is 7.16. The van der Waals surface area contributed by atoms with Crippen molar-refractivity contribution < 1.29 is 9.90 Å². The minimum atomic E-state index is -0.178. The molecule has 0 bridgehead atoms. The van der Waals surface area contributed by atoms with E-state index in [-0.39, 0.29) is 23.1 Å². The number of aromatic hydroxyl groups is 1. The number of carbonyl (C=O) groups excluding carboxylic acids is 1. The maximum Gasteiger partial charge on any atom is 0.191 e. The number of hydrogen-bond acceptors (Lipinski definition) is 4. The zero-order valence-electron chi connectivity index (χ0n) is 14.8. The third-order valence-corrected chi connectivity index (χ3v) is 4.63. The first kappa shape index (κ1) is 17.5. The van der Waals surface area contributed by atoms with E-state index in [4.69, 9.17) is 0 Å². The van der Waals surface area contributed by atoms with Gasteiger partial charge in [0, 0.05) is 38.0 Å². The van der Waals surface area contributed by atoms with Crippen LogP contribution in [0.3, 0.4) is 0 Å². The lowest BCUT2D eigenvalue weighted by atomic mass is 9.77. The molecule has 0 amide bonds. The summed E-state index contributed by atoms with van der Waals surface area (Å²) in [5.41, 5.74) is 2.33. The normalized spacial score (nSPS) is 17.8. The smallest absolute Gasteiger partial charge is 0.191 e. The molecule has 0 spiro atoms. The van der Waals surface area contributed by atoms with Gasteiger partial charge in [0.2, 0.25) is 0 Å². The van der Waals surface area contributed by atoms with Crippen LogP contribution in [-0.4, -0.2) is 35.4 Å². The quantitative estimate of drug-likeness (QED) is 0.622. The van der Waals surface area contributed by atoms with Crippen LogP contribution in [0.1, 0.15) is 60.6 Å². The molecule has 0 saturated heterocycles. The second kappa shape index (κ2) is 6.75. The van der Waals surface area contributed by atoms with Crippen molar-refractivity contribution in [2.24, 2.45) is 0 Å². The SMILES string of the molecule is Cc1cc(C(C)NC2(C)CCC2)cc(C(=O)C=CN(C)C)c1O. The zero-order chi connectivity index (χ0) is 17.2. The second-order valence-corrected chi connectivity index (χ2v) is 7.16. The highest BCUT2D eigenvalue weighted by Gasteiger charge is 2.33. The number of benzene rings is 1. The van der Waals surface area contributed by atoms with Crippen LogP contribution in [0.2, 0.25) is 0 Å². The molecule has 1 aliphatic carbocycles. The third kappa shape index (κ3) is 4.14. The average molecular weight is 316 g/mol. The Kier molecular flexibility index (Phi) is 5.15. The number of phenols is 1. The number of hydrogen-bond donors (Lipinski definition) is 2. The molecule has 2 rings (SSSR count). The summed E-state index contributed by atoms with van der Waals surface area (Å²) in [5.74, 6) is -0.104. The van der Waals surface area contributed by atoms with Gasteiger partial charge in [-0.15, -0.1) is 0 Å². The summed E-state index contributed by atoms with van der Waals surface area (Å²) >= 11 is 0. The molecular formula is C19H28N2O2. The molecule has 4 heteroatoms. The van der Waals surface area contributed by atoms with E-state index < -0.39 is 0 Å². The summed E-state index contributed by atoms with van der Waals surface area (Å²) in [5, 5.41) is 13.9. The van der Waals surface area contributed by atoms with Crippen LogP contribution in [0.5, 0.6) is 5.75 Å². The van der Waals surface area contributed by atoms with E-state index in [2.05, 4.69) is 19.2 Å². The Morgan fingerprint density at radius 3 is 2.57 bits per heavy atom. The Balaban J connectivity index is 2.26. The molecule has 0 radical (unpaired) electrons. The minimum absolute atomic E-state index is 0.0733. The lowest BCUT2D eigenvalue weighted by Crippen LogP contribution is -2.49. The highest BCUT2D eigenvalue weighted by atomic mass is 16.3. The van der Waals surface area contributed by atoms with Crippen LogP contribution in [0.15, 0.2) is 24.4 Å². The van der Waals surface area contributed by atoms with E-state index in [1.165, 1.54) is 25.3 Å². The summed E-state index contributed by atoms with van der Waals surface area (Å²) in [6.07, 6.45) is 6.83. The van der Waals surface area contributed by atoms with Gasteiger partial charge in [0.25, 0.3) is 0 Å². The number of phenolic OH excluding ortho intramolecular Hbond substituents is 1. The van der Waals surface area contributed by atoms with Crippen LogP contribution in [0, 0.1) is 6.92 Å². The van der Waals surface area contributed by atoms with E-state index in [0.29, 0.717) is 5.56 Å². The Hall–Kier alpha value is -1.81. The molecule has 1 fully saturated rings. The van der Waals surface area contributed by atoms with Crippen molar-refractivity contribution in [3.05, 3.63) is 41.1 Å². The fourth-order valence-corrected chi connectivity index (χ4v) is 3.01. The zero-order valence-corrected chi connectivity index (χ0v) is 14.8. The highest BCUT2D eigenvalue weighted by molar-refractivity contribution is 6.06. The fourth-order valence-electron chi connectivity index (χ4n) is 3.01. The van der Waals surface area contributed by atoms with Crippen LogP contribution in [-0.2, 0) is 0 Å². The van der Waals surface area contributed by atoms with Crippen LogP contribution in [0.25, 0.3) is 0 Å². The average Bonchev–Trinajstić information content (AvgIpc) is 2.45. The van der Waals surface area contributed by atoms with Gasteiger partial charge in [-0.2, -0.15) is 0 Å². The number of rotatable bonds is 6. The van der Waals surface area contributed by atoms with Gasteiger partial charge in [-0.1, -0.05) is 6.07 Å². The van der Waals surface area contributed by atoms with Gasteiger partial charge in [0.1, 0.15) is 5.75 Å². The van der Waals surface area contributed by atoms with Crippen molar-refractivity contribution in [2.75, 3.05) is 14.1 Å². The summed E-state index contributed by atoms with van der Waals surface area (Å²) in [6.45, 7) is 6.19. The molecule has 126 valence electrons. The van der Waals surface area contributed by atoms with Crippen molar-refractivity contribution in [3.8, 4) is 5.75 Å². The van der Waals surface area contributed by atoms with Crippen molar-refractivity contribution >= 4 is 5.78 Å². The number of ketones is 1. The molecule has 1 atom stereocenters. The number of nitrogens with one attached hydrogen (secondary N) is 1. The molecule has 1 saturated carbocycles. The molecular weight excluding hydrogens is 288 g/mol. The Morgan fingerprint density at radius 1 is 1.39 bits per heavy atom. The monoisotopic (exact) mass is 316 g/mol. The van der Waals surface area contributed by atoms with E-state index in [1.54, 1.807) is 11.1 Å². The Morgan fingerprint density at radius 2 is 2.04 bits per heavy atom. The van der Waals surface area contributed by atoms with Gasteiger partial charge < -0.3 is 15.3 Å². The van der Waals surface area contributed by atoms with Crippen LogP contribution in [0.4, 0.5) is 0 Å². The lowest BCUT2D eigenvalue weighted by Gasteiger charge is -2.42. The number of aryl methyl sites for hydroxylation is 1. The van der Waals surface area contributed by atoms with Crippen LogP contribution >= 0.6 is 0 Å². The molecule has 23 heavy (non-hydrogen) atoms. The highest BCUT2D eigenvalue weighted by Crippen LogP contribution is 2.35. The molecule has 1 aromatic carbocycles. The van der Waals surface area contributed by atoms with Gasteiger partial charge in [-0.3, -0.25) is 4.79 Å². The predicted molar refractivity (Wildman–Crippen MR) is 93.8 cm³/mol. The van der Waals surface area contributed by atoms with Gasteiger partial charge in [-0.05, 0) is 57.2 Å². The first-order valence-corrected chi connectivity index (χ1v) is 8.22.